The van der Waals surface area contributed by atoms with Crippen LogP contribution in [-0.4, -0.2) is 33.0 Å². The van der Waals surface area contributed by atoms with Crippen molar-refractivity contribution in [3.63, 3.8) is 0 Å². The number of rotatable bonds is 2. The molecule has 2 rings (SSSR count). The van der Waals surface area contributed by atoms with Crippen molar-refractivity contribution in [1.29, 1.82) is 0 Å². The number of carboxylic acid groups (broad SMARTS) is 1. The minimum atomic E-state index is -1.40. The van der Waals surface area contributed by atoms with E-state index in [1.165, 1.54) is 18.2 Å². The van der Waals surface area contributed by atoms with E-state index in [4.69, 9.17) is 28.3 Å². The number of hydrogen-bond acceptors (Lipinski definition) is 6. The highest BCUT2D eigenvalue weighted by molar-refractivity contribution is 6.04. The van der Waals surface area contributed by atoms with Gasteiger partial charge in [-0.1, -0.05) is 0 Å². The minimum absolute atomic E-state index is 0.112. The third-order valence-electron chi connectivity index (χ3n) is 2.81. The fraction of sp³-hybridized carbons (Fsp3) is 0. The summed E-state index contributed by atoms with van der Waals surface area (Å²) in [6.07, 6.45) is -1.40. The van der Waals surface area contributed by atoms with E-state index in [1.54, 1.807) is 0 Å². The Morgan fingerprint density at radius 1 is 1.09 bits per heavy atom. The van der Waals surface area contributed by atoms with Crippen molar-refractivity contribution in [2.45, 2.75) is 0 Å². The lowest BCUT2D eigenvalue weighted by Gasteiger charge is -2.14. The molecule has 0 atom stereocenters. The third kappa shape index (κ3) is 2.34. The van der Waals surface area contributed by atoms with Gasteiger partial charge in [0.1, 0.15) is 0 Å². The molecule has 12 nitrogen and oxygen atoms in total. The van der Waals surface area contributed by atoms with Crippen LogP contribution in [0.5, 0.6) is 0 Å². The smallest absolute Gasteiger partial charge is 0.432 e. The summed E-state index contributed by atoms with van der Waals surface area (Å²) in [5, 5.41) is 14.0. The van der Waals surface area contributed by atoms with Gasteiger partial charge in [0.15, 0.2) is 5.82 Å². The molecule has 9 N–H and O–H groups in total. The molecule has 0 unspecified atom stereocenters. The van der Waals surface area contributed by atoms with E-state index in [0.717, 1.165) is 0 Å². The second-order valence-electron chi connectivity index (χ2n) is 4.14. The Hall–Kier alpha value is -3.38. The lowest BCUT2D eigenvalue weighted by atomic mass is 10.2. The summed E-state index contributed by atoms with van der Waals surface area (Å²) in [6, 6.07) is 1.98. The van der Waals surface area contributed by atoms with Gasteiger partial charge in [0, 0.05) is 5.39 Å². The highest BCUT2D eigenvalue weighted by Crippen LogP contribution is 2.28. The van der Waals surface area contributed by atoms with Crippen molar-refractivity contribution < 1.29 is 19.5 Å². The highest BCUT2D eigenvalue weighted by Gasteiger charge is 2.22. The molecule has 0 saturated heterocycles. The van der Waals surface area contributed by atoms with Crippen molar-refractivity contribution in [2.24, 2.45) is 23.2 Å². The monoisotopic (exact) mass is 308 g/mol. The van der Waals surface area contributed by atoms with Crippen LogP contribution in [0.4, 0.5) is 25.9 Å². The van der Waals surface area contributed by atoms with E-state index >= 15 is 0 Å². The Kier molecular flexibility index (Phi) is 3.54. The maximum absolute atomic E-state index is 11.2. The largest absolute Gasteiger partial charge is 0.463 e. The molecule has 0 radical (unpaired) electrons. The molecule has 116 valence electrons. The van der Waals surface area contributed by atoms with Gasteiger partial charge in [-0.2, -0.15) is 4.68 Å². The van der Waals surface area contributed by atoms with Crippen LogP contribution in [0.1, 0.15) is 0 Å². The molecule has 0 saturated carbocycles. The lowest BCUT2D eigenvalue weighted by molar-refractivity contribution is 0.194. The van der Waals surface area contributed by atoms with Crippen molar-refractivity contribution in [3.8, 4) is 0 Å². The first-order valence-electron chi connectivity index (χ1n) is 5.68. The first-order chi connectivity index (χ1) is 10.2. The van der Waals surface area contributed by atoms with Gasteiger partial charge in [-0.25, -0.2) is 36.1 Å². The number of carbonyl (C=O) groups excluding carboxylic acids is 2. The van der Waals surface area contributed by atoms with Gasteiger partial charge in [-0.3, -0.25) is 0 Å². The number of amides is 4. The fourth-order valence-corrected chi connectivity index (χ4v) is 1.80. The first-order valence-corrected chi connectivity index (χ1v) is 5.68. The number of fused-ring (bicyclic) bond motifs is 1. The molecule has 22 heavy (non-hydrogen) atoms. The van der Waals surface area contributed by atoms with E-state index in [2.05, 4.69) is 5.10 Å². The van der Waals surface area contributed by atoms with Crippen molar-refractivity contribution in [2.75, 3.05) is 10.0 Å². The quantitative estimate of drug-likeness (QED) is 0.268. The summed E-state index contributed by atoms with van der Waals surface area (Å²) in [7, 11) is 0. The SMILES string of the molecule is NC(=O)N(N)c1ccc2c(c1)c(N(N)C(N)=O)nn2C(=O)O. The number of aromatic nitrogens is 2. The number of nitrogens with two attached hydrogens (primary N) is 4. The Bertz CT molecular complexity index is 785. The molecule has 12 heteroatoms. The summed E-state index contributed by atoms with van der Waals surface area (Å²) >= 11 is 0. The van der Waals surface area contributed by atoms with Gasteiger partial charge in [-0.15, -0.1) is 5.10 Å². The van der Waals surface area contributed by atoms with Crippen molar-refractivity contribution in [1.82, 2.24) is 9.78 Å². The number of primary amides is 2. The second kappa shape index (κ2) is 5.19. The average molecular weight is 308 g/mol. The number of nitrogens with zero attached hydrogens (tertiary/aromatic N) is 4. The molecule has 1 aromatic heterocycles. The molecule has 0 spiro atoms. The zero-order chi connectivity index (χ0) is 16.6. The number of hydrazine groups is 2. The zero-order valence-corrected chi connectivity index (χ0v) is 11.0. The van der Waals surface area contributed by atoms with E-state index in [9.17, 15) is 14.4 Å². The van der Waals surface area contributed by atoms with Crippen molar-refractivity contribution in [3.05, 3.63) is 18.2 Å². The molecule has 0 fully saturated rings. The van der Waals surface area contributed by atoms with Crippen LogP contribution >= 0.6 is 0 Å². The maximum Gasteiger partial charge on any atom is 0.432 e. The molecular formula is C10H12N8O4. The molecule has 0 bridgehead atoms. The molecule has 1 aromatic carbocycles. The Morgan fingerprint density at radius 2 is 1.68 bits per heavy atom. The standard InChI is InChI=1S/C10H12N8O4/c11-8(19)16(13)4-1-2-6-5(3-4)7(17(14)9(12)20)15-18(6)10(21)22/h1-3H,13-14H2,(H2,11,19)(H2,12,20)(H,21,22). The Morgan fingerprint density at radius 3 is 2.18 bits per heavy atom. The van der Waals surface area contributed by atoms with Gasteiger partial charge in [0.05, 0.1) is 11.2 Å². The summed E-state index contributed by atoms with van der Waals surface area (Å²) in [5.74, 6) is 10.7. The second-order valence-corrected chi connectivity index (χ2v) is 4.14. The molecule has 0 aliphatic carbocycles. The lowest BCUT2D eigenvalue weighted by Crippen LogP contribution is -2.42. The van der Waals surface area contributed by atoms with Crippen LogP contribution in [0.2, 0.25) is 0 Å². The minimum Gasteiger partial charge on any atom is -0.463 e. The maximum atomic E-state index is 11.2. The van der Waals surface area contributed by atoms with Crippen LogP contribution in [-0.2, 0) is 0 Å². The van der Waals surface area contributed by atoms with Gasteiger partial charge in [-0.05, 0) is 18.2 Å². The summed E-state index contributed by atoms with van der Waals surface area (Å²) in [5.41, 5.74) is 10.4. The topological polar surface area (TPSA) is 200 Å². The predicted molar refractivity (Wildman–Crippen MR) is 75.7 cm³/mol. The van der Waals surface area contributed by atoms with E-state index in [0.29, 0.717) is 14.7 Å². The van der Waals surface area contributed by atoms with Crippen LogP contribution in [0.15, 0.2) is 18.2 Å². The fourth-order valence-electron chi connectivity index (χ4n) is 1.80. The van der Waals surface area contributed by atoms with Crippen LogP contribution in [0.3, 0.4) is 0 Å². The highest BCUT2D eigenvalue weighted by atomic mass is 16.4. The van der Waals surface area contributed by atoms with Gasteiger partial charge in [0.25, 0.3) is 0 Å². The van der Waals surface area contributed by atoms with Crippen LogP contribution < -0.4 is 33.2 Å². The van der Waals surface area contributed by atoms with Crippen LogP contribution in [0.25, 0.3) is 10.9 Å². The van der Waals surface area contributed by atoms with Gasteiger partial charge >= 0.3 is 18.2 Å². The number of urea groups is 2. The van der Waals surface area contributed by atoms with E-state index < -0.39 is 18.2 Å². The number of carbonyl (C=O) groups is 3. The molecule has 0 aliphatic heterocycles. The number of anilines is 2. The normalized spacial score (nSPS) is 10.5. The number of benzene rings is 1. The Balaban J connectivity index is 2.72. The van der Waals surface area contributed by atoms with Gasteiger partial charge in [0.2, 0.25) is 0 Å². The molecule has 0 aliphatic rings. The zero-order valence-electron chi connectivity index (χ0n) is 11.0. The number of hydrogen-bond donors (Lipinski definition) is 5. The van der Waals surface area contributed by atoms with Gasteiger partial charge < -0.3 is 16.6 Å². The predicted octanol–water partition coefficient (Wildman–Crippen LogP) is -0.920. The first kappa shape index (κ1) is 15.0. The average Bonchev–Trinajstić information content (AvgIpc) is 2.84. The molecule has 2 aromatic rings. The summed E-state index contributed by atoms with van der Waals surface area (Å²) in [4.78, 5) is 33.4. The summed E-state index contributed by atoms with van der Waals surface area (Å²) < 4.78 is 0.600. The summed E-state index contributed by atoms with van der Waals surface area (Å²) in [6.45, 7) is 0. The van der Waals surface area contributed by atoms with Crippen molar-refractivity contribution >= 4 is 40.6 Å². The Labute approximate surface area is 122 Å². The molecule has 4 amide bonds. The van der Waals surface area contributed by atoms with E-state index in [1.807, 2.05) is 0 Å². The molecule has 1 heterocycles. The molecular weight excluding hydrogens is 296 g/mol. The third-order valence-corrected chi connectivity index (χ3v) is 2.81. The van der Waals surface area contributed by atoms with Crippen LogP contribution in [0, 0.1) is 0 Å². The van der Waals surface area contributed by atoms with E-state index in [-0.39, 0.29) is 22.4 Å².